The first-order valence-corrected chi connectivity index (χ1v) is 16.2. The number of allylic oxidation sites excluding steroid dienone is 3. The molecule has 0 bridgehead atoms. The van der Waals surface area contributed by atoms with Crippen LogP contribution in [0.5, 0.6) is 0 Å². The van der Waals surface area contributed by atoms with Crippen LogP contribution in [0.2, 0.25) is 0 Å². The Labute approximate surface area is 242 Å². The standard InChI is InChI=1S/C34H56O6/c1-19(2)20(3)7-8-21(4)25-11-12-26-24-10-9-22-17-23(13-15-33(22,5)27(24)14-16-34(25,26)6)39-32-31(38)30(37)29(36)28(18-35)40-32/h7-9,19-21,23-32,35-38H,10-18H2,1-6H3/t20-,21+,23-,24-,25+,26-,27-,28+,29+,30-,31+,32+,33-,34+/m0/s1. The van der Waals surface area contributed by atoms with Crippen LogP contribution in [0.3, 0.4) is 0 Å². The minimum Gasteiger partial charge on any atom is -0.394 e. The molecule has 0 unspecified atom stereocenters. The normalized spacial score (nSPS) is 48.8. The lowest BCUT2D eigenvalue weighted by molar-refractivity contribution is -0.313. The molecule has 1 aliphatic heterocycles. The van der Waals surface area contributed by atoms with Gasteiger partial charge in [0.05, 0.1) is 12.7 Å². The Morgan fingerprint density at radius 3 is 2.40 bits per heavy atom. The molecule has 0 aromatic heterocycles. The molecule has 4 aliphatic carbocycles. The Morgan fingerprint density at radius 2 is 1.70 bits per heavy atom. The van der Waals surface area contributed by atoms with E-state index in [2.05, 4.69) is 59.8 Å². The van der Waals surface area contributed by atoms with Gasteiger partial charge in [0.25, 0.3) is 0 Å². The van der Waals surface area contributed by atoms with Gasteiger partial charge < -0.3 is 29.9 Å². The molecule has 1 heterocycles. The van der Waals surface area contributed by atoms with E-state index in [0.717, 1.165) is 43.4 Å². The van der Waals surface area contributed by atoms with Crippen molar-refractivity contribution in [3.63, 3.8) is 0 Å². The molecule has 1 saturated heterocycles. The Hall–Kier alpha value is -0.760. The second-order valence-corrected chi connectivity index (χ2v) is 15.0. The molecule has 4 N–H and O–H groups in total. The molecule has 6 nitrogen and oxygen atoms in total. The fourth-order valence-corrected chi connectivity index (χ4v) is 9.72. The molecule has 5 rings (SSSR count). The largest absolute Gasteiger partial charge is 0.394 e. The molecule has 14 atom stereocenters. The number of ether oxygens (including phenoxy) is 2. The number of hydrogen-bond donors (Lipinski definition) is 4. The maximum atomic E-state index is 10.5. The highest BCUT2D eigenvalue weighted by Crippen LogP contribution is 2.67. The predicted molar refractivity (Wildman–Crippen MR) is 156 cm³/mol. The topological polar surface area (TPSA) is 99.4 Å². The van der Waals surface area contributed by atoms with Gasteiger partial charge in [-0.15, -0.1) is 0 Å². The van der Waals surface area contributed by atoms with Gasteiger partial charge >= 0.3 is 0 Å². The summed E-state index contributed by atoms with van der Waals surface area (Å²) in [6.45, 7) is 14.1. The van der Waals surface area contributed by atoms with Gasteiger partial charge in [-0.3, -0.25) is 0 Å². The third kappa shape index (κ3) is 5.28. The van der Waals surface area contributed by atoms with Gasteiger partial charge in [0, 0.05) is 0 Å². The number of fused-ring (bicyclic) bond motifs is 5. The Bertz CT molecular complexity index is 945. The Kier molecular flexibility index (Phi) is 9.00. The van der Waals surface area contributed by atoms with Crippen molar-refractivity contribution in [3.05, 3.63) is 23.8 Å². The molecule has 0 radical (unpaired) electrons. The molecule has 0 amide bonds. The molecule has 5 aliphatic rings. The first-order valence-electron chi connectivity index (χ1n) is 16.2. The minimum atomic E-state index is -1.40. The van der Waals surface area contributed by atoms with Gasteiger partial charge in [-0.05, 0) is 104 Å². The summed E-state index contributed by atoms with van der Waals surface area (Å²) in [6, 6.07) is 0. The molecule has 6 heteroatoms. The van der Waals surface area contributed by atoms with Crippen LogP contribution >= 0.6 is 0 Å². The van der Waals surface area contributed by atoms with Crippen molar-refractivity contribution in [2.75, 3.05) is 6.61 Å². The van der Waals surface area contributed by atoms with Crippen molar-refractivity contribution in [1.82, 2.24) is 0 Å². The zero-order chi connectivity index (χ0) is 29.0. The first kappa shape index (κ1) is 30.7. The number of rotatable bonds is 7. The molecule has 228 valence electrons. The quantitative estimate of drug-likeness (QED) is 0.318. The van der Waals surface area contributed by atoms with Gasteiger partial charge in [0.1, 0.15) is 24.4 Å². The fourth-order valence-electron chi connectivity index (χ4n) is 9.72. The van der Waals surface area contributed by atoms with Gasteiger partial charge in [-0.1, -0.05) is 65.3 Å². The number of aliphatic hydroxyl groups is 4. The van der Waals surface area contributed by atoms with Gasteiger partial charge in [0.15, 0.2) is 6.29 Å². The van der Waals surface area contributed by atoms with Crippen LogP contribution in [0.4, 0.5) is 0 Å². The maximum Gasteiger partial charge on any atom is 0.186 e. The third-order valence-electron chi connectivity index (χ3n) is 12.7. The zero-order valence-electron chi connectivity index (χ0n) is 25.7. The van der Waals surface area contributed by atoms with Gasteiger partial charge in [-0.2, -0.15) is 0 Å². The van der Waals surface area contributed by atoms with Crippen LogP contribution < -0.4 is 0 Å². The average molecular weight is 561 g/mol. The highest BCUT2D eigenvalue weighted by atomic mass is 16.7. The van der Waals surface area contributed by atoms with E-state index < -0.39 is 37.3 Å². The summed E-state index contributed by atoms with van der Waals surface area (Å²) < 4.78 is 11.9. The highest BCUT2D eigenvalue weighted by molar-refractivity contribution is 5.25. The van der Waals surface area contributed by atoms with Crippen molar-refractivity contribution >= 4 is 0 Å². The fraction of sp³-hybridized carbons (Fsp3) is 0.882. The van der Waals surface area contributed by atoms with Crippen molar-refractivity contribution in [1.29, 1.82) is 0 Å². The first-order chi connectivity index (χ1) is 18.9. The summed E-state index contributed by atoms with van der Waals surface area (Å²) in [4.78, 5) is 0. The monoisotopic (exact) mass is 560 g/mol. The lowest BCUT2D eigenvalue weighted by Gasteiger charge is -2.58. The number of aliphatic hydroxyl groups excluding tert-OH is 4. The van der Waals surface area contributed by atoms with Crippen molar-refractivity contribution in [2.24, 2.45) is 52.3 Å². The van der Waals surface area contributed by atoms with Gasteiger partial charge in [0.2, 0.25) is 0 Å². The SMILES string of the molecule is CC(C)[C@@H](C)C=C[C@@H](C)[C@H]1CC[C@H]2[C@@H]3CC=C4C[C@@H](O[C@@H]5O[C@H](CO)[C@@H](O)[C@H](O)[C@H]5O)CC[C@]4(C)[C@H]3CC[C@]12C. The van der Waals surface area contributed by atoms with Crippen molar-refractivity contribution < 1.29 is 29.9 Å². The third-order valence-corrected chi connectivity index (χ3v) is 12.7. The lowest BCUT2D eigenvalue weighted by atomic mass is 9.47. The summed E-state index contributed by atoms with van der Waals surface area (Å²) in [5, 5.41) is 40.3. The van der Waals surface area contributed by atoms with E-state index in [9.17, 15) is 20.4 Å². The van der Waals surface area contributed by atoms with Crippen molar-refractivity contribution in [2.45, 2.75) is 130 Å². The molecule has 4 fully saturated rings. The van der Waals surface area contributed by atoms with Crippen LogP contribution in [0.15, 0.2) is 23.8 Å². The summed E-state index contributed by atoms with van der Waals surface area (Å²) in [5.74, 6) is 4.99. The minimum absolute atomic E-state index is 0.108. The van der Waals surface area contributed by atoms with Crippen LogP contribution in [0, 0.1) is 52.3 Å². The smallest absolute Gasteiger partial charge is 0.186 e. The van der Waals surface area contributed by atoms with E-state index in [1.54, 1.807) is 0 Å². The van der Waals surface area contributed by atoms with Crippen molar-refractivity contribution in [3.8, 4) is 0 Å². The lowest BCUT2D eigenvalue weighted by Crippen LogP contribution is -2.60. The van der Waals surface area contributed by atoms with Crippen LogP contribution in [-0.4, -0.2) is 63.8 Å². The van der Waals surface area contributed by atoms with E-state index in [1.165, 1.54) is 31.3 Å². The maximum absolute atomic E-state index is 10.5. The highest BCUT2D eigenvalue weighted by Gasteiger charge is 2.59. The molecule has 0 aromatic rings. The second kappa shape index (κ2) is 11.7. The Morgan fingerprint density at radius 1 is 0.950 bits per heavy atom. The van der Waals surface area contributed by atoms with E-state index in [0.29, 0.717) is 29.1 Å². The van der Waals surface area contributed by atoms with Crippen LogP contribution in [0.25, 0.3) is 0 Å². The van der Waals surface area contributed by atoms with E-state index >= 15 is 0 Å². The zero-order valence-corrected chi connectivity index (χ0v) is 25.7. The van der Waals surface area contributed by atoms with E-state index in [-0.39, 0.29) is 11.5 Å². The molecule has 0 aromatic carbocycles. The van der Waals surface area contributed by atoms with Gasteiger partial charge in [-0.25, -0.2) is 0 Å². The second-order valence-electron chi connectivity index (χ2n) is 15.0. The predicted octanol–water partition coefficient (Wildman–Crippen LogP) is 5.23. The van der Waals surface area contributed by atoms with E-state index in [4.69, 9.17) is 9.47 Å². The summed E-state index contributed by atoms with van der Waals surface area (Å²) in [7, 11) is 0. The van der Waals surface area contributed by atoms with Crippen LogP contribution in [0.1, 0.15) is 92.9 Å². The molecule has 40 heavy (non-hydrogen) atoms. The molecule has 3 saturated carbocycles. The molecular formula is C34H56O6. The Balaban J connectivity index is 1.26. The summed E-state index contributed by atoms with van der Waals surface area (Å²) in [5.41, 5.74) is 2.11. The molecule has 0 spiro atoms. The summed E-state index contributed by atoms with van der Waals surface area (Å²) >= 11 is 0. The summed E-state index contributed by atoms with van der Waals surface area (Å²) in [6.07, 6.45) is 10.6. The molecular weight excluding hydrogens is 504 g/mol. The van der Waals surface area contributed by atoms with Crippen LogP contribution in [-0.2, 0) is 9.47 Å². The average Bonchev–Trinajstić information content (AvgIpc) is 3.29. The number of hydrogen-bond acceptors (Lipinski definition) is 6. The van der Waals surface area contributed by atoms with E-state index in [1.807, 2.05) is 0 Å².